The Bertz CT molecular complexity index is 404. The van der Waals surface area contributed by atoms with E-state index in [0.29, 0.717) is 5.92 Å². The predicted octanol–water partition coefficient (Wildman–Crippen LogP) is 2.68. The minimum absolute atomic E-state index is 0.219. The molecule has 2 heterocycles. The van der Waals surface area contributed by atoms with E-state index >= 15 is 0 Å². The highest BCUT2D eigenvalue weighted by atomic mass is 15.6. The number of aromatic nitrogens is 1. The van der Waals surface area contributed by atoms with Crippen molar-refractivity contribution in [2.24, 2.45) is 15.5 Å². The van der Waals surface area contributed by atoms with Crippen molar-refractivity contribution in [1.82, 2.24) is 4.98 Å². The summed E-state index contributed by atoms with van der Waals surface area (Å²) in [6, 6.07) is 4.03. The van der Waals surface area contributed by atoms with Crippen molar-refractivity contribution < 1.29 is 4.81 Å². The fraction of sp³-hybridized carbons (Fsp3) is 0.500. The average Bonchev–Trinajstić information content (AvgIpc) is 2.65. The fourth-order valence-corrected chi connectivity index (χ4v) is 1.37. The van der Waals surface area contributed by atoms with E-state index in [1.165, 1.54) is 4.81 Å². The summed E-state index contributed by atoms with van der Waals surface area (Å²) >= 11 is 0. The first-order valence-corrected chi connectivity index (χ1v) is 4.98. The summed E-state index contributed by atoms with van der Waals surface area (Å²) in [5.74, 6) is 0.448. The van der Waals surface area contributed by atoms with Gasteiger partial charge in [-0.25, -0.2) is 0 Å². The van der Waals surface area contributed by atoms with Crippen LogP contribution in [0.5, 0.6) is 0 Å². The molecular weight excluding hydrogens is 190 g/mol. The molecule has 15 heavy (non-hydrogen) atoms. The van der Waals surface area contributed by atoms with E-state index in [-0.39, 0.29) is 6.17 Å². The molecule has 0 spiro atoms. The van der Waals surface area contributed by atoms with Gasteiger partial charge in [-0.05, 0) is 28.0 Å². The summed E-state index contributed by atoms with van der Waals surface area (Å²) in [6.45, 7) is 4.24. The molecule has 0 radical (unpaired) electrons. The number of hydrogen-bond acceptors (Lipinski definition) is 4. The van der Waals surface area contributed by atoms with Gasteiger partial charge in [-0.15, -0.1) is 0 Å². The normalized spacial score (nSPS) is 19.7. The van der Waals surface area contributed by atoms with Gasteiger partial charge in [0.05, 0.1) is 5.11 Å². The Morgan fingerprint density at radius 2 is 2.13 bits per heavy atom. The Morgan fingerprint density at radius 1 is 1.33 bits per heavy atom. The van der Waals surface area contributed by atoms with Crippen molar-refractivity contribution in [1.29, 1.82) is 0 Å². The van der Waals surface area contributed by atoms with Crippen LogP contribution in [0.25, 0.3) is 0 Å². The summed E-state index contributed by atoms with van der Waals surface area (Å²) in [5, 5.41) is 12.0. The van der Waals surface area contributed by atoms with E-state index in [9.17, 15) is 0 Å². The fourth-order valence-electron chi connectivity index (χ4n) is 1.37. The summed E-state index contributed by atoms with van der Waals surface area (Å²) in [6.07, 6.45) is 1.60. The van der Waals surface area contributed by atoms with E-state index in [0.717, 1.165) is 11.3 Å². The molecule has 1 aliphatic heterocycles. The lowest BCUT2D eigenvalue weighted by Gasteiger charge is -2.03. The molecule has 1 aromatic rings. The average molecular weight is 204 g/mol. The molecule has 0 saturated carbocycles. The van der Waals surface area contributed by atoms with Gasteiger partial charge in [0.25, 0.3) is 0 Å². The second-order valence-electron chi connectivity index (χ2n) is 3.85. The van der Waals surface area contributed by atoms with Crippen molar-refractivity contribution in [3.8, 4) is 0 Å². The Kier molecular flexibility index (Phi) is 2.53. The maximum atomic E-state index is 4.37. The summed E-state index contributed by atoms with van der Waals surface area (Å²) < 4.78 is 0. The zero-order valence-corrected chi connectivity index (χ0v) is 9.12. The van der Waals surface area contributed by atoms with Crippen LogP contribution >= 0.6 is 0 Å². The molecule has 1 aliphatic rings. The second kappa shape index (κ2) is 3.84. The maximum absolute atomic E-state index is 4.37. The van der Waals surface area contributed by atoms with E-state index in [1.807, 2.05) is 18.3 Å². The standard InChI is InChI=1S/C10H14N5/c1-7(2)9-5-4-8(6-11-9)10-12-14-15(3)13-10/h4-7,10H,1-3H3/q+1. The largest absolute Gasteiger partial charge is 0.321 e. The van der Waals surface area contributed by atoms with Crippen LogP contribution in [0, 0.1) is 0 Å². The predicted molar refractivity (Wildman–Crippen MR) is 54.5 cm³/mol. The van der Waals surface area contributed by atoms with Gasteiger partial charge in [0.1, 0.15) is 7.05 Å². The molecule has 0 amide bonds. The molecule has 5 heteroatoms. The van der Waals surface area contributed by atoms with Crippen LogP contribution in [0.3, 0.4) is 0 Å². The number of azo groups is 1. The van der Waals surface area contributed by atoms with Crippen molar-refractivity contribution >= 4 is 0 Å². The third-order valence-electron chi connectivity index (χ3n) is 2.27. The second-order valence-corrected chi connectivity index (χ2v) is 3.85. The molecule has 0 N–H and O–H groups in total. The third kappa shape index (κ3) is 2.06. The van der Waals surface area contributed by atoms with Gasteiger partial charge < -0.3 is 0 Å². The summed E-state index contributed by atoms with van der Waals surface area (Å²) in [4.78, 5) is 5.84. The first-order chi connectivity index (χ1) is 7.16. The van der Waals surface area contributed by atoms with Crippen molar-refractivity contribution in [3.05, 3.63) is 29.6 Å². The Morgan fingerprint density at radius 3 is 2.60 bits per heavy atom. The van der Waals surface area contributed by atoms with Gasteiger partial charge in [0.2, 0.25) is 0 Å². The molecule has 0 saturated heterocycles. The number of hydrogen-bond donors (Lipinski definition) is 0. The quantitative estimate of drug-likeness (QED) is 0.683. The minimum atomic E-state index is -0.219. The van der Waals surface area contributed by atoms with Crippen LogP contribution in [-0.2, 0) is 0 Å². The lowest BCUT2D eigenvalue weighted by atomic mass is 10.1. The highest BCUT2D eigenvalue weighted by Gasteiger charge is 2.23. The van der Waals surface area contributed by atoms with Crippen LogP contribution in [0.1, 0.15) is 37.2 Å². The Hall–Kier alpha value is -1.65. The molecule has 78 valence electrons. The lowest BCUT2D eigenvalue weighted by Crippen LogP contribution is -1.96. The molecular formula is C10H14N5+. The first kappa shape index (κ1) is 9.89. The van der Waals surface area contributed by atoms with E-state index in [2.05, 4.69) is 34.3 Å². The number of nitrogens with zero attached hydrogens (tertiary/aromatic N) is 5. The van der Waals surface area contributed by atoms with Crippen molar-refractivity contribution in [2.75, 3.05) is 7.05 Å². The molecule has 5 nitrogen and oxygen atoms in total. The SMILES string of the molecule is CC(C)c1ccc(C2N=N[N+](C)=N2)cn1. The van der Waals surface area contributed by atoms with Crippen LogP contribution in [0.4, 0.5) is 0 Å². The van der Waals surface area contributed by atoms with Crippen LogP contribution in [0.2, 0.25) is 0 Å². The van der Waals surface area contributed by atoms with E-state index < -0.39 is 0 Å². The van der Waals surface area contributed by atoms with Crippen molar-refractivity contribution in [2.45, 2.75) is 25.9 Å². The molecule has 1 unspecified atom stereocenters. The zero-order valence-electron chi connectivity index (χ0n) is 9.12. The van der Waals surface area contributed by atoms with Gasteiger partial charge in [0, 0.05) is 17.5 Å². The van der Waals surface area contributed by atoms with Gasteiger partial charge in [0.15, 0.2) is 5.22 Å². The minimum Gasteiger partial charge on any atom is -0.260 e. The van der Waals surface area contributed by atoms with Crippen LogP contribution in [-0.4, -0.2) is 16.8 Å². The monoisotopic (exact) mass is 204 g/mol. The molecule has 1 aromatic heterocycles. The van der Waals surface area contributed by atoms with Gasteiger partial charge >= 0.3 is 6.17 Å². The van der Waals surface area contributed by atoms with Crippen LogP contribution < -0.4 is 0 Å². The van der Waals surface area contributed by atoms with Gasteiger partial charge in [-0.2, -0.15) is 0 Å². The van der Waals surface area contributed by atoms with E-state index in [1.54, 1.807) is 7.05 Å². The molecule has 1 atom stereocenters. The van der Waals surface area contributed by atoms with Gasteiger partial charge in [-0.1, -0.05) is 13.8 Å². The number of pyridine rings is 1. The Labute approximate surface area is 88.5 Å². The molecule has 0 aliphatic carbocycles. The lowest BCUT2D eigenvalue weighted by molar-refractivity contribution is -0.570. The van der Waals surface area contributed by atoms with Gasteiger partial charge in [-0.3, -0.25) is 4.98 Å². The van der Waals surface area contributed by atoms with E-state index in [4.69, 9.17) is 0 Å². The Balaban J connectivity index is 2.21. The molecule has 0 fully saturated rings. The smallest absolute Gasteiger partial charge is 0.260 e. The highest BCUT2D eigenvalue weighted by Crippen LogP contribution is 2.23. The summed E-state index contributed by atoms with van der Waals surface area (Å²) in [5.41, 5.74) is 2.06. The van der Waals surface area contributed by atoms with Crippen molar-refractivity contribution in [3.63, 3.8) is 0 Å². The summed E-state index contributed by atoms with van der Waals surface area (Å²) in [7, 11) is 1.76. The molecule has 0 aromatic carbocycles. The zero-order chi connectivity index (χ0) is 10.8. The third-order valence-corrected chi connectivity index (χ3v) is 2.27. The van der Waals surface area contributed by atoms with Crippen LogP contribution in [0.15, 0.2) is 33.8 Å². The topological polar surface area (TPSA) is 53.0 Å². The number of rotatable bonds is 2. The maximum Gasteiger partial charge on any atom is 0.321 e. The molecule has 0 bridgehead atoms. The first-order valence-electron chi connectivity index (χ1n) is 4.98. The highest BCUT2D eigenvalue weighted by molar-refractivity contribution is 5.18. The molecule has 2 rings (SSSR count).